The molecule has 0 amide bonds. The minimum atomic E-state index is -0.141. The molecule has 9 heavy (non-hydrogen) atoms. The predicted octanol–water partition coefficient (Wildman–Crippen LogP) is -1.21. The normalized spacial score (nSPS) is 35.3. The zero-order valence-electron chi connectivity index (χ0n) is 5.72. The molecule has 1 saturated heterocycles. The SMILES string of the molecule is CNC[C@H]1CNC[C@H]1O. The van der Waals surface area contributed by atoms with E-state index < -0.39 is 0 Å². The van der Waals surface area contributed by atoms with Gasteiger partial charge in [0, 0.05) is 25.6 Å². The summed E-state index contributed by atoms with van der Waals surface area (Å²) in [4.78, 5) is 0. The van der Waals surface area contributed by atoms with Crippen molar-refractivity contribution in [2.45, 2.75) is 6.10 Å². The number of aliphatic hydroxyl groups is 1. The lowest BCUT2D eigenvalue weighted by atomic mass is 10.1. The van der Waals surface area contributed by atoms with Gasteiger partial charge in [0.2, 0.25) is 0 Å². The molecule has 1 aliphatic rings. The van der Waals surface area contributed by atoms with Crippen molar-refractivity contribution in [3.63, 3.8) is 0 Å². The Balaban J connectivity index is 2.22. The third kappa shape index (κ3) is 1.64. The van der Waals surface area contributed by atoms with Crippen molar-refractivity contribution >= 4 is 0 Å². The van der Waals surface area contributed by atoms with Crippen LogP contribution in [-0.4, -0.2) is 37.9 Å². The molecule has 1 rings (SSSR count). The Kier molecular flexibility index (Phi) is 2.45. The van der Waals surface area contributed by atoms with Crippen LogP contribution in [0.15, 0.2) is 0 Å². The maximum absolute atomic E-state index is 9.22. The molecule has 0 aromatic heterocycles. The highest BCUT2D eigenvalue weighted by Crippen LogP contribution is 2.05. The summed E-state index contributed by atoms with van der Waals surface area (Å²) in [5.41, 5.74) is 0. The van der Waals surface area contributed by atoms with E-state index in [9.17, 15) is 5.11 Å². The first-order chi connectivity index (χ1) is 4.34. The largest absolute Gasteiger partial charge is 0.391 e. The number of hydrogen-bond donors (Lipinski definition) is 3. The van der Waals surface area contributed by atoms with Crippen LogP contribution in [0.4, 0.5) is 0 Å². The average Bonchev–Trinajstić information content (AvgIpc) is 2.18. The standard InChI is InChI=1S/C6H14N2O/c1-7-2-5-3-8-4-6(5)9/h5-9H,2-4H2,1H3/t5-,6+/m0/s1. The molecule has 1 fully saturated rings. The van der Waals surface area contributed by atoms with Crippen LogP contribution in [-0.2, 0) is 0 Å². The van der Waals surface area contributed by atoms with Crippen LogP contribution >= 0.6 is 0 Å². The molecule has 3 nitrogen and oxygen atoms in total. The topological polar surface area (TPSA) is 44.3 Å². The molecule has 0 aliphatic carbocycles. The minimum Gasteiger partial charge on any atom is -0.391 e. The van der Waals surface area contributed by atoms with Crippen LogP contribution in [0.2, 0.25) is 0 Å². The van der Waals surface area contributed by atoms with Gasteiger partial charge in [-0.05, 0) is 7.05 Å². The summed E-state index contributed by atoms with van der Waals surface area (Å²) in [5.74, 6) is 0.412. The van der Waals surface area contributed by atoms with Crippen LogP contribution in [0.1, 0.15) is 0 Å². The van der Waals surface area contributed by atoms with E-state index in [1.54, 1.807) is 0 Å². The van der Waals surface area contributed by atoms with E-state index in [-0.39, 0.29) is 6.10 Å². The second kappa shape index (κ2) is 3.15. The smallest absolute Gasteiger partial charge is 0.0716 e. The van der Waals surface area contributed by atoms with E-state index in [0.717, 1.165) is 19.6 Å². The second-order valence-corrected chi connectivity index (χ2v) is 2.54. The molecule has 0 aromatic carbocycles. The van der Waals surface area contributed by atoms with Gasteiger partial charge in [-0.3, -0.25) is 0 Å². The summed E-state index contributed by atoms with van der Waals surface area (Å²) in [6.45, 7) is 2.61. The maximum atomic E-state index is 9.22. The van der Waals surface area contributed by atoms with Gasteiger partial charge in [-0.2, -0.15) is 0 Å². The van der Waals surface area contributed by atoms with Crippen molar-refractivity contribution in [3.8, 4) is 0 Å². The summed E-state index contributed by atoms with van der Waals surface area (Å²) in [7, 11) is 1.91. The highest BCUT2D eigenvalue weighted by Gasteiger charge is 2.23. The molecule has 3 N–H and O–H groups in total. The van der Waals surface area contributed by atoms with Crippen LogP contribution in [0.5, 0.6) is 0 Å². The predicted molar refractivity (Wildman–Crippen MR) is 36.3 cm³/mol. The van der Waals surface area contributed by atoms with Gasteiger partial charge in [0.05, 0.1) is 6.10 Å². The molecule has 0 radical (unpaired) electrons. The van der Waals surface area contributed by atoms with E-state index in [1.807, 2.05) is 7.05 Å². The molecule has 0 unspecified atom stereocenters. The summed E-state index contributed by atoms with van der Waals surface area (Å²) >= 11 is 0. The van der Waals surface area contributed by atoms with Gasteiger partial charge >= 0.3 is 0 Å². The highest BCUT2D eigenvalue weighted by atomic mass is 16.3. The Hall–Kier alpha value is -0.120. The van der Waals surface area contributed by atoms with E-state index in [1.165, 1.54) is 0 Å². The molecule has 0 saturated carbocycles. The lowest BCUT2D eigenvalue weighted by Gasteiger charge is -2.10. The van der Waals surface area contributed by atoms with Crippen LogP contribution in [0, 0.1) is 5.92 Å². The molecular weight excluding hydrogens is 116 g/mol. The van der Waals surface area contributed by atoms with Gasteiger partial charge in [-0.1, -0.05) is 0 Å². The van der Waals surface area contributed by atoms with Gasteiger partial charge in [-0.15, -0.1) is 0 Å². The van der Waals surface area contributed by atoms with E-state index in [0.29, 0.717) is 5.92 Å². The van der Waals surface area contributed by atoms with Crippen LogP contribution < -0.4 is 10.6 Å². The van der Waals surface area contributed by atoms with Gasteiger partial charge in [0.15, 0.2) is 0 Å². The first-order valence-electron chi connectivity index (χ1n) is 3.38. The fourth-order valence-corrected chi connectivity index (χ4v) is 1.19. The van der Waals surface area contributed by atoms with Gasteiger partial charge in [0.25, 0.3) is 0 Å². The third-order valence-electron chi connectivity index (χ3n) is 1.77. The fraction of sp³-hybridized carbons (Fsp3) is 1.00. The molecule has 3 heteroatoms. The number of nitrogens with one attached hydrogen (secondary N) is 2. The van der Waals surface area contributed by atoms with Crippen molar-refractivity contribution in [2.75, 3.05) is 26.7 Å². The monoisotopic (exact) mass is 130 g/mol. The van der Waals surface area contributed by atoms with Crippen molar-refractivity contribution < 1.29 is 5.11 Å². The van der Waals surface area contributed by atoms with E-state index >= 15 is 0 Å². The lowest BCUT2D eigenvalue weighted by Crippen LogP contribution is -2.28. The average molecular weight is 130 g/mol. The van der Waals surface area contributed by atoms with Crippen molar-refractivity contribution in [3.05, 3.63) is 0 Å². The van der Waals surface area contributed by atoms with E-state index in [4.69, 9.17) is 0 Å². The molecule has 1 heterocycles. The third-order valence-corrected chi connectivity index (χ3v) is 1.77. The number of rotatable bonds is 2. The van der Waals surface area contributed by atoms with Gasteiger partial charge < -0.3 is 15.7 Å². The zero-order chi connectivity index (χ0) is 6.69. The first-order valence-corrected chi connectivity index (χ1v) is 3.38. The maximum Gasteiger partial charge on any atom is 0.0716 e. The molecule has 0 bridgehead atoms. The zero-order valence-corrected chi connectivity index (χ0v) is 5.72. The van der Waals surface area contributed by atoms with E-state index in [2.05, 4.69) is 10.6 Å². The number of aliphatic hydroxyl groups excluding tert-OH is 1. The molecule has 1 aliphatic heterocycles. The first kappa shape index (κ1) is 6.99. The summed E-state index contributed by atoms with van der Waals surface area (Å²) in [6, 6.07) is 0. The van der Waals surface area contributed by atoms with Gasteiger partial charge in [-0.25, -0.2) is 0 Å². The molecule has 0 spiro atoms. The quantitative estimate of drug-likeness (QED) is 0.439. The lowest BCUT2D eigenvalue weighted by molar-refractivity contribution is 0.147. The van der Waals surface area contributed by atoms with Crippen molar-refractivity contribution in [2.24, 2.45) is 5.92 Å². The molecule has 0 aromatic rings. The number of hydrogen-bond acceptors (Lipinski definition) is 3. The molecule has 2 atom stereocenters. The van der Waals surface area contributed by atoms with Crippen molar-refractivity contribution in [1.29, 1.82) is 0 Å². The Morgan fingerprint density at radius 3 is 2.89 bits per heavy atom. The second-order valence-electron chi connectivity index (χ2n) is 2.54. The summed E-state index contributed by atoms with van der Waals surface area (Å²) in [6.07, 6.45) is -0.141. The molecule has 54 valence electrons. The highest BCUT2D eigenvalue weighted by molar-refractivity contribution is 4.81. The van der Waals surface area contributed by atoms with Crippen molar-refractivity contribution in [1.82, 2.24) is 10.6 Å². The van der Waals surface area contributed by atoms with Crippen LogP contribution in [0.25, 0.3) is 0 Å². The summed E-state index contributed by atoms with van der Waals surface area (Å²) < 4.78 is 0. The minimum absolute atomic E-state index is 0.141. The Labute approximate surface area is 55.5 Å². The number of β-amino-alcohol motifs (C(OH)–C–C–N with tert-alkyl or cyclic N) is 1. The van der Waals surface area contributed by atoms with Gasteiger partial charge in [0.1, 0.15) is 0 Å². The Bertz CT molecular complexity index is 87.1. The summed E-state index contributed by atoms with van der Waals surface area (Å²) in [5, 5.41) is 15.4. The Morgan fingerprint density at radius 1 is 1.67 bits per heavy atom. The fourth-order valence-electron chi connectivity index (χ4n) is 1.19. The van der Waals surface area contributed by atoms with Crippen LogP contribution in [0.3, 0.4) is 0 Å². The Morgan fingerprint density at radius 2 is 2.44 bits per heavy atom. The molecular formula is C6H14N2O.